The summed E-state index contributed by atoms with van der Waals surface area (Å²) < 4.78 is 5.25. The number of rotatable bonds is 8. The minimum atomic E-state index is 0.284. The van der Waals surface area contributed by atoms with Crippen molar-refractivity contribution in [3.8, 4) is 12.3 Å². The second kappa shape index (κ2) is 9.61. The van der Waals surface area contributed by atoms with Gasteiger partial charge in [-0.15, -0.1) is 12.3 Å². The fourth-order valence-corrected chi connectivity index (χ4v) is 1.41. The predicted octanol–water partition coefficient (Wildman–Crippen LogP) is 3.39. The average Bonchev–Trinajstić information content (AvgIpc) is 2.16. The molecule has 0 spiro atoms. The lowest BCUT2D eigenvalue weighted by molar-refractivity contribution is 0.0970. The van der Waals surface area contributed by atoms with Crippen LogP contribution in [-0.2, 0) is 4.74 Å². The summed E-state index contributed by atoms with van der Waals surface area (Å²) in [6.45, 7) is 2.23. The highest BCUT2D eigenvalue weighted by atomic mass is 16.5. The maximum Gasteiger partial charge on any atom is 0.0680 e. The SMILES string of the molecule is C#CC[C@H](CCCCCCC)OC. The fourth-order valence-electron chi connectivity index (χ4n) is 1.41. The van der Waals surface area contributed by atoms with Crippen LogP contribution >= 0.6 is 0 Å². The van der Waals surface area contributed by atoms with E-state index in [1.54, 1.807) is 7.11 Å². The molecule has 1 heteroatoms. The molecule has 0 aliphatic rings. The van der Waals surface area contributed by atoms with E-state index in [9.17, 15) is 0 Å². The van der Waals surface area contributed by atoms with Crippen molar-refractivity contribution in [2.45, 2.75) is 58.0 Å². The minimum absolute atomic E-state index is 0.284. The third kappa shape index (κ3) is 7.87. The van der Waals surface area contributed by atoms with Gasteiger partial charge in [-0.3, -0.25) is 0 Å². The van der Waals surface area contributed by atoms with Crippen LogP contribution in [0.4, 0.5) is 0 Å². The van der Waals surface area contributed by atoms with Crippen molar-refractivity contribution >= 4 is 0 Å². The smallest absolute Gasteiger partial charge is 0.0680 e. The molecule has 0 radical (unpaired) electrons. The lowest BCUT2D eigenvalue weighted by Gasteiger charge is -2.11. The Morgan fingerprint density at radius 3 is 2.46 bits per heavy atom. The summed E-state index contributed by atoms with van der Waals surface area (Å²) in [5.41, 5.74) is 0. The first-order valence-electron chi connectivity index (χ1n) is 5.31. The molecule has 0 aromatic heterocycles. The first-order valence-corrected chi connectivity index (χ1v) is 5.31. The van der Waals surface area contributed by atoms with Crippen molar-refractivity contribution in [1.29, 1.82) is 0 Å². The molecule has 0 unspecified atom stereocenters. The zero-order valence-corrected chi connectivity index (χ0v) is 9.01. The van der Waals surface area contributed by atoms with Crippen LogP contribution in [0.25, 0.3) is 0 Å². The van der Waals surface area contributed by atoms with Crippen molar-refractivity contribution in [2.75, 3.05) is 7.11 Å². The molecule has 1 nitrogen and oxygen atoms in total. The van der Waals surface area contributed by atoms with Crippen molar-refractivity contribution in [3.63, 3.8) is 0 Å². The van der Waals surface area contributed by atoms with E-state index in [4.69, 9.17) is 11.2 Å². The molecular formula is C12H22O. The molecule has 1 atom stereocenters. The van der Waals surface area contributed by atoms with Crippen molar-refractivity contribution in [2.24, 2.45) is 0 Å². The van der Waals surface area contributed by atoms with Crippen LogP contribution in [0.2, 0.25) is 0 Å². The summed E-state index contributed by atoms with van der Waals surface area (Å²) in [6.07, 6.45) is 14.0. The van der Waals surface area contributed by atoms with Crippen LogP contribution < -0.4 is 0 Å². The van der Waals surface area contributed by atoms with Crippen LogP contribution in [0.5, 0.6) is 0 Å². The van der Waals surface area contributed by atoms with Crippen LogP contribution in [0, 0.1) is 12.3 Å². The van der Waals surface area contributed by atoms with Crippen LogP contribution in [0.3, 0.4) is 0 Å². The topological polar surface area (TPSA) is 9.23 Å². The van der Waals surface area contributed by atoms with E-state index in [2.05, 4.69) is 12.8 Å². The molecule has 0 aliphatic heterocycles. The average molecular weight is 182 g/mol. The molecule has 0 aliphatic carbocycles. The molecular weight excluding hydrogens is 160 g/mol. The van der Waals surface area contributed by atoms with Gasteiger partial charge in [-0.1, -0.05) is 39.0 Å². The maximum atomic E-state index is 5.25. The monoisotopic (exact) mass is 182 g/mol. The van der Waals surface area contributed by atoms with Gasteiger partial charge in [0, 0.05) is 13.5 Å². The highest BCUT2D eigenvalue weighted by Crippen LogP contribution is 2.10. The van der Waals surface area contributed by atoms with Crippen LogP contribution in [0.15, 0.2) is 0 Å². The summed E-state index contributed by atoms with van der Waals surface area (Å²) >= 11 is 0. The van der Waals surface area contributed by atoms with Gasteiger partial charge in [0.2, 0.25) is 0 Å². The number of terminal acetylenes is 1. The number of unbranched alkanes of at least 4 members (excludes halogenated alkanes) is 4. The summed E-state index contributed by atoms with van der Waals surface area (Å²) in [7, 11) is 1.74. The van der Waals surface area contributed by atoms with Gasteiger partial charge in [-0.2, -0.15) is 0 Å². The Kier molecular flexibility index (Phi) is 9.25. The molecule has 0 N–H and O–H groups in total. The minimum Gasteiger partial charge on any atom is -0.380 e. The summed E-state index contributed by atoms with van der Waals surface area (Å²) in [4.78, 5) is 0. The number of hydrogen-bond acceptors (Lipinski definition) is 1. The van der Waals surface area contributed by atoms with Gasteiger partial charge in [0.15, 0.2) is 0 Å². The highest BCUT2D eigenvalue weighted by molar-refractivity contribution is 4.87. The Hall–Kier alpha value is -0.480. The third-order valence-electron chi connectivity index (χ3n) is 2.31. The Labute approximate surface area is 82.9 Å². The van der Waals surface area contributed by atoms with Crippen LogP contribution in [-0.4, -0.2) is 13.2 Å². The van der Waals surface area contributed by atoms with E-state index in [-0.39, 0.29) is 6.10 Å². The molecule has 0 fully saturated rings. The molecule has 0 aromatic carbocycles. The van der Waals surface area contributed by atoms with E-state index in [1.165, 1.54) is 32.1 Å². The Morgan fingerprint density at radius 2 is 1.92 bits per heavy atom. The van der Waals surface area contributed by atoms with E-state index < -0.39 is 0 Å². The van der Waals surface area contributed by atoms with Gasteiger partial charge < -0.3 is 4.74 Å². The second-order valence-electron chi connectivity index (χ2n) is 3.47. The lowest BCUT2D eigenvalue weighted by atomic mass is 10.1. The molecule has 0 saturated carbocycles. The lowest BCUT2D eigenvalue weighted by Crippen LogP contribution is -2.08. The van der Waals surface area contributed by atoms with E-state index in [0.717, 1.165) is 12.8 Å². The molecule has 0 bridgehead atoms. The molecule has 13 heavy (non-hydrogen) atoms. The Balaban J connectivity index is 3.23. The van der Waals surface area contributed by atoms with E-state index in [1.807, 2.05) is 0 Å². The quantitative estimate of drug-likeness (QED) is 0.413. The number of methoxy groups -OCH3 is 1. The van der Waals surface area contributed by atoms with Gasteiger partial charge >= 0.3 is 0 Å². The zero-order chi connectivity index (χ0) is 9.94. The standard InChI is InChI=1S/C12H22O/c1-4-6-7-8-9-11-12(13-3)10-5-2/h2,12H,4,6-11H2,1,3H3/t12-/m1/s1. The highest BCUT2D eigenvalue weighted by Gasteiger charge is 2.03. The molecule has 0 saturated heterocycles. The molecule has 0 heterocycles. The first-order chi connectivity index (χ1) is 6.35. The summed E-state index contributed by atoms with van der Waals surface area (Å²) in [6, 6.07) is 0. The van der Waals surface area contributed by atoms with E-state index in [0.29, 0.717) is 0 Å². The zero-order valence-electron chi connectivity index (χ0n) is 9.01. The molecule has 0 aromatic rings. The number of ether oxygens (including phenoxy) is 1. The van der Waals surface area contributed by atoms with Gasteiger partial charge in [0.05, 0.1) is 6.10 Å². The maximum absolute atomic E-state index is 5.25. The Bertz CT molecular complexity index is 135. The normalized spacial score (nSPS) is 12.4. The molecule has 76 valence electrons. The van der Waals surface area contributed by atoms with E-state index >= 15 is 0 Å². The molecule has 0 rings (SSSR count). The second-order valence-corrected chi connectivity index (χ2v) is 3.47. The Morgan fingerprint density at radius 1 is 1.23 bits per heavy atom. The van der Waals surface area contributed by atoms with Crippen molar-refractivity contribution in [1.82, 2.24) is 0 Å². The van der Waals surface area contributed by atoms with Crippen molar-refractivity contribution < 1.29 is 4.74 Å². The molecule has 0 amide bonds. The summed E-state index contributed by atoms with van der Waals surface area (Å²) in [5.74, 6) is 2.65. The van der Waals surface area contributed by atoms with Crippen molar-refractivity contribution in [3.05, 3.63) is 0 Å². The fraction of sp³-hybridized carbons (Fsp3) is 0.833. The van der Waals surface area contributed by atoms with Gasteiger partial charge in [-0.05, 0) is 6.42 Å². The third-order valence-corrected chi connectivity index (χ3v) is 2.31. The van der Waals surface area contributed by atoms with Crippen LogP contribution in [0.1, 0.15) is 51.9 Å². The van der Waals surface area contributed by atoms with Gasteiger partial charge in [0.25, 0.3) is 0 Å². The first kappa shape index (κ1) is 12.5. The predicted molar refractivity (Wildman–Crippen MR) is 57.6 cm³/mol. The largest absolute Gasteiger partial charge is 0.380 e. The summed E-state index contributed by atoms with van der Waals surface area (Å²) in [5, 5.41) is 0. The van der Waals surface area contributed by atoms with Gasteiger partial charge in [-0.25, -0.2) is 0 Å². The van der Waals surface area contributed by atoms with Gasteiger partial charge in [0.1, 0.15) is 0 Å². The number of hydrogen-bond donors (Lipinski definition) is 0.